The van der Waals surface area contributed by atoms with Crippen molar-refractivity contribution in [1.29, 1.82) is 0 Å². The molecule has 0 saturated carbocycles. The van der Waals surface area contributed by atoms with E-state index < -0.39 is 0 Å². The summed E-state index contributed by atoms with van der Waals surface area (Å²) in [7, 11) is 0. The summed E-state index contributed by atoms with van der Waals surface area (Å²) in [5, 5.41) is 3.34. The van der Waals surface area contributed by atoms with Gasteiger partial charge in [0.2, 0.25) is 0 Å². The first kappa shape index (κ1) is 13.9. The third kappa shape index (κ3) is 2.44. The van der Waals surface area contributed by atoms with Crippen LogP contribution in [-0.2, 0) is 6.54 Å². The van der Waals surface area contributed by atoms with Gasteiger partial charge < -0.3 is 9.72 Å². The summed E-state index contributed by atoms with van der Waals surface area (Å²) in [6, 6.07) is 10.4. The Hall–Kier alpha value is -3.54. The van der Waals surface area contributed by atoms with Gasteiger partial charge in [0.15, 0.2) is 5.65 Å². The van der Waals surface area contributed by atoms with E-state index >= 15 is 0 Å². The van der Waals surface area contributed by atoms with Crippen molar-refractivity contribution in [3.8, 4) is 11.1 Å². The average molecular weight is 326 g/mol. The van der Waals surface area contributed by atoms with E-state index in [1.807, 2.05) is 22.9 Å². The molecular formula is C19H14N6. The number of anilines is 2. The van der Waals surface area contributed by atoms with Crippen molar-refractivity contribution in [2.24, 2.45) is 4.99 Å². The molecule has 4 aromatic rings. The fraction of sp³-hybridized carbons (Fsp3) is 0.0526. The highest BCUT2D eigenvalue weighted by molar-refractivity contribution is 5.86. The van der Waals surface area contributed by atoms with Gasteiger partial charge in [0.25, 0.3) is 0 Å². The molecule has 0 unspecified atom stereocenters. The number of nitrogens with zero attached hydrogens (tertiary/aromatic N) is 5. The molecule has 0 atom stereocenters. The lowest BCUT2D eigenvalue weighted by Gasteiger charge is -2.11. The van der Waals surface area contributed by atoms with Crippen molar-refractivity contribution in [2.45, 2.75) is 6.54 Å². The van der Waals surface area contributed by atoms with Gasteiger partial charge in [-0.05, 0) is 34.9 Å². The molecule has 120 valence electrons. The van der Waals surface area contributed by atoms with Gasteiger partial charge in [-0.1, -0.05) is 12.1 Å². The van der Waals surface area contributed by atoms with Crippen molar-refractivity contribution in [3.63, 3.8) is 0 Å². The Morgan fingerprint density at radius 3 is 2.92 bits per heavy atom. The van der Waals surface area contributed by atoms with Crippen LogP contribution in [0.25, 0.3) is 16.8 Å². The minimum Gasteiger partial charge on any atom is -0.337 e. The zero-order chi connectivity index (χ0) is 16.6. The second-order valence-electron chi connectivity index (χ2n) is 5.90. The summed E-state index contributed by atoms with van der Waals surface area (Å²) in [5.41, 5.74) is 6.48. The average Bonchev–Trinajstić information content (AvgIpc) is 3.31. The number of benzene rings is 1. The number of hydrogen-bond acceptors (Lipinski definition) is 5. The number of nitrogens with one attached hydrogen (secondary N) is 1. The van der Waals surface area contributed by atoms with Crippen LogP contribution in [0.5, 0.6) is 0 Å². The maximum absolute atomic E-state index is 4.44. The van der Waals surface area contributed by atoms with Crippen LogP contribution in [0.2, 0.25) is 0 Å². The molecule has 25 heavy (non-hydrogen) atoms. The van der Waals surface area contributed by atoms with E-state index in [2.05, 4.69) is 55.7 Å². The third-order valence-electron chi connectivity index (χ3n) is 4.30. The van der Waals surface area contributed by atoms with Crippen LogP contribution in [0.1, 0.15) is 11.1 Å². The molecule has 3 aromatic heterocycles. The van der Waals surface area contributed by atoms with Gasteiger partial charge in [-0.3, -0.25) is 4.99 Å². The summed E-state index contributed by atoms with van der Waals surface area (Å²) in [6.45, 7) is 0.753. The Labute approximate surface area is 143 Å². The molecule has 0 saturated heterocycles. The van der Waals surface area contributed by atoms with Crippen LogP contribution in [0.15, 0.2) is 66.4 Å². The predicted octanol–water partition coefficient (Wildman–Crippen LogP) is 3.47. The number of aliphatic imine (C=N–C) groups is 1. The first-order valence-corrected chi connectivity index (χ1v) is 8.00. The SMILES string of the molecule is C1=NCc2cc(-c3cc(Nc4ccncn4)c4nccn4c3)ccc21. The quantitative estimate of drug-likeness (QED) is 0.626. The summed E-state index contributed by atoms with van der Waals surface area (Å²) in [5.74, 6) is 0.736. The van der Waals surface area contributed by atoms with E-state index in [1.54, 1.807) is 12.4 Å². The van der Waals surface area contributed by atoms with Crippen molar-refractivity contribution < 1.29 is 0 Å². The van der Waals surface area contributed by atoms with E-state index in [-0.39, 0.29) is 0 Å². The third-order valence-corrected chi connectivity index (χ3v) is 4.30. The first-order valence-electron chi connectivity index (χ1n) is 8.00. The number of rotatable bonds is 3. The lowest BCUT2D eigenvalue weighted by Crippen LogP contribution is -1.98. The van der Waals surface area contributed by atoms with Crippen molar-refractivity contribution >= 4 is 23.4 Å². The molecule has 0 bridgehead atoms. The molecule has 6 heteroatoms. The standard InChI is InChI=1S/C19H14N6/c1-2-14-9-21-10-15(14)7-13(1)16-8-17(19-22-5-6-25(19)11-16)24-18-3-4-20-12-23-18/h1-9,11-12H,10H2,(H,20,23,24). The molecule has 1 aliphatic heterocycles. The molecule has 5 rings (SSSR count). The lowest BCUT2D eigenvalue weighted by atomic mass is 10.0. The van der Waals surface area contributed by atoms with Gasteiger partial charge in [-0.2, -0.15) is 0 Å². The Morgan fingerprint density at radius 2 is 2.00 bits per heavy atom. The molecule has 0 fully saturated rings. The summed E-state index contributed by atoms with van der Waals surface area (Å²) < 4.78 is 2.02. The molecule has 1 N–H and O–H groups in total. The van der Waals surface area contributed by atoms with Gasteiger partial charge in [0.05, 0.1) is 12.2 Å². The molecule has 0 amide bonds. The van der Waals surface area contributed by atoms with Gasteiger partial charge in [0.1, 0.15) is 12.1 Å². The summed E-state index contributed by atoms with van der Waals surface area (Å²) >= 11 is 0. The molecule has 0 radical (unpaired) electrons. The topological polar surface area (TPSA) is 67.5 Å². The van der Waals surface area contributed by atoms with Gasteiger partial charge in [-0.25, -0.2) is 15.0 Å². The number of pyridine rings is 1. The smallest absolute Gasteiger partial charge is 0.160 e. The lowest BCUT2D eigenvalue weighted by molar-refractivity contribution is 1.11. The number of fused-ring (bicyclic) bond motifs is 2. The van der Waals surface area contributed by atoms with Crippen LogP contribution in [0.4, 0.5) is 11.5 Å². The van der Waals surface area contributed by atoms with Crippen LogP contribution in [0, 0.1) is 0 Å². The summed E-state index contributed by atoms with van der Waals surface area (Å²) in [4.78, 5) is 17.0. The molecule has 1 aliphatic rings. The van der Waals surface area contributed by atoms with E-state index in [1.165, 1.54) is 17.5 Å². The second-order valence-corrected chi connectivity index (χ2v) is 5.90. The van der Waals surface area contributed by atoms with Crippen molar-refractivity contribution in [1.82, 2.24) is 19.4 Å². The number of hydrogen-bond donors (Lipinski definition) is 1. The van der Waals surface area contributed by atoms with E-state index in [0.29, 0.717) is 0 Å². The Bertz CT molecular complexity index is 1100. The van der Waals surface area contributed by atoms with Crippen LogP contribution >= 0.6 is 0 Å². The number of aromatic nitrogens is 4. The monoisotopic (exact) mass is 326 g/mol. The molecule has 0 aliphatic carbocycles. The van der Waals surface area contributed by atoms with Crippen molar-refractivity contribution in [3.05, 3.63) is 72.6 Å². The highest BCUT2D eigenvalue weighted by atomic mass is 15.1. The molecular weight excluding hydrogens is 312 g/mol. The van der Waals surface area contributed by atoms with Gasteiger partial charge in [-0.15, -0.1) is 0 Å². The highest BCUT2D eigenvalue weighted by Crippen LogP contribution is 2.29. The van der Waals surface area contributed by atoms with Crippen molar-refractivity contribution in [2.75, 3.05) is 5.32 Å². The highest BCUT2D eigenvalue weighted by Gasteiger charge is 2.11. The van der Waals surface area contributed by atoms with Crippen LogP contribution in [0.3, 0.4) is 0 Å². The van der Waals surface area contributed by atoms with E-state index in [4.69, 9.17) is 0 Å². The van der Waals surface area contributed by atoms with Gasteiger partial charge in [0, 0.05) is 36.6 Å². The van der Waals surface area contributed by atoms with Crippen LogP contribution < -0.4 is 5.32 Å². The summed E-state index contributed by atoms with van der Waals surface area (Å²) in [6.07, 6.45) is 11.0. The van der Waals surface area contributed by atoms with Gasteiger partial charge >= 0.3 is 0 Å². The minimum absolute atomic E-state index is 0.736. The molecule has 6 nitrogen and oxygen atoms in total. The maximum Gasteiger partial charge on any atom is 0.160 e. The number of imidazole rings is 1. The molecule has 0 spiro atoms. The Balaban J connectivity index is 1.62. The normalized spacial score (nSPS) is 12.5. The fourth-order valence-corrected chi connectivity index (χ4v) is 3.08. The second kappa shape index (κ2) is 5.52. The largest absolute Gasteiger partial charge is 0.337 e. The Kier molecular flexibility index (Phi) is 3.06. The van der Waals surface area contributed by atoms with E-state index in [9.17, 15) is 0 Å². The van der Waals surface area contributed by atoms with E-state index in [0.717, 1.165) is 34.8 Å². The maximum atomic E-state index is 4.44. The first-order chi connectivity index (χ1) is 12.4. The zero-order valence-corrected chi connectivity index (χ0v) is 13.3. The Morgan fingerprint density at radius 1 is 1.00 bits per heavy atom. The van der Waals surface area contributed by atoms with Crippen LogP contribution in [-0.4, -0.2) is 25.6 Å². The minimum atomic E-state index is 0.736. The molecule has 4 heterocycles. The predicted molar refractivity (Wildman–Crippen MR) is 97.2 cm³/mol. The fourth-order valence-electron chi connectivity index (χ4n) is 3.08. The zero-order valence-electron chi connectivity index (χ0n) is 13.3. The molecule has 1 aromatic carbocycles.